The Balaban J connectivity index is 1.77. The zero-order chi connectivity index (χ0) is 13.4. The number of aromatic nitrogens is 1. The van der Waals surface area contributed by atoms with E-state index in [1.54, 1.807) is 11.3 Å². The zero-order valence-electron chi connectivity index (χ0n) is 11.0. The Morgan fingerprint density at radius 2 is 2.37 bits per heavy atom. The fraction of sp³-hybridized carbons (Fsp3) is 0.429. The molecule has 100 valence electrons. The number of nitrogens with zero attached hydrogens (tertiary/aromatic N) is 1. The monoisotopic (exact) mass is 292 g/mol. The number of amides is 1. The van der Waals surface area contributed by atoms with Gasteiger partial charge in [0.05, 0.1) is 10.6 Å². The number of nitrogens with one attached hydrogen (secondary N) is 1. The summed E-state index contributed by atoms with van der Waals surface area (Å²) >= 11 is 3.11. The minimum absolute atomic E-state index is 0.0265. The van der Waals surface area contributed by atoms with Crippen molar-refractivity contribution < 1.29 is 4.79 Å². The largest absolute Gasteiger partial charge is 0.297 e. The van der Waals surface area contributed by atoms with Gasteiger partial charge in [-0.2, -0.15) is 0 Å². The molecule has 0 saturated heterocycles. The van der Waals surface area contributed by atoms with Crippen LogP contribution < -0.4 is 5.32 Å². The third-order valence-electron chi connectivity index (χ3n) is 3.39. The van der Waals surface area contributed by atoms with Crippen molar-refractivity contribution in [1.82, 2.24) is 4.98 Å². The molecule has 2 aromatic rings. The Morgan fingerprint density at radius 1 is 1.53 bits per heavy atom. The molecule has 1 aliphatic carbocycles. The van der Waals surface area contributed by atoms with Gasteiger partial charge in [-0.15, -0.1) is 22.7 Å². The molecule has 1 amide bonds. The minimum atomic E-state index is -0.0265. The van der Waals surface area contributed by atoms with Crippen LogP contribution in [0.15, 0.2) is 11.4 Å². The Kier molecular flexibility index (Phi) is 3.41. The number of rotatable bonds is 2. The SMILES string of the molecule is Cc1csc(NC(=O)c2cc3c(s2)CCC(C)C3)n1. The van der Waals surface area contributed by atoms with Gasteiger partial charge >= 0.3 is 0 Å². The number of anilines is 1. The predicted octanol–water partition coefficient (Wildman–Crippen LogP) is 3.89. The second kappa shape index (κ2) is 5.06. The lowest BCUT2D eigenvalue weighted by Gasteiger charge is -2.16. The molecule has 1 aliphatic rings. The first-order chi connectivity index (χ1) is 9.11. The third kappa shape index (κ3) is 2.72. The van der Waals surface area contributed by atoms with Gasteiger partial charge in [-0.1, -0.05) is 6.92 Å². The number of fused-ring (bicyclic) bond motifs is 1. The second-order valence-corrected chi connectivity index (χ2v) is 7.15. The first-order valence-corrected chi connectivity index (χ1v) is 8.16. The van der Waals surface area contributed by atoms with Gasteiger partial charge < -0.3 is 0 Å². The van der Waals surface area contributed by atoms with Crippen LogP contribution in [-0.4, -0.2) is 10.9 Å². The summed E-state index contributed by atoms with van der Waals surface area (Å²) in [5, 5.41) is 5.50. The van der Waals surface area contributed by atoms with Crippen LogP contribution in [0.3, 0.4) is 0 Å². The summed E-state index contributed by atoms with van der Waals surface area (Å²) in [6.45, 7) is 4.20. The van der Waals surface area contributed by atoms with Crippen molar-refractivity contribution in [3.8, 4) is 0 Å². The molecule has 5 heteroatoms. The number of aryl methyl sites for hydroxylation is 2. The fourth-order valence-corrected chi connectivity index (χ4v) is 4.17. The summed E-state index contributed by atoms with van der Waals surface area (Å²) < 4.78 is 0. The van der Waals surface area contributed by atoms with Crippen molar-refractivity contribution in [3.05, 3.63) is 32.5 Å². The van der Waals surface area contributed by atoms with E-state index in [9.17, 15) is 4.79 Å². The molecule has 0 saturated carbocycles. The molecule has 1 N–H and O–H groups in total. The van der Waals surface area contributed by atoms with E-state index >= 15 is 0 Å². The van der Waals surface area contributed by atoms with Gasteiger partial charge in [0.2, 0.25) is 0 Å². The van der Waals surface area contributed by atoms with Crippen molar-refractivity contribution in [2.45, 2.75) is 33.1 Å². The van der Waals surface area contributed by atoms with E-state index < -0.39 is 0 Å². The second-order valence-electron chi connectivity index (χ2n) is 5.16. The maximum atomic E-state index is 12.2. The van der Waals surface area contributed by atoms with Crippen LogP contribution in [0.1, 0.15) is 39.2 Å². The Morgan fingerprint density at radius 3 is 3.11 bits per heavy atom. The highest BCUT2D eigenvalue weighted by Gasteiger charge is 2.21. The first-order valence-electron chi connectivity index (χ1n) is 6.47. The number of thiophene rings is 1. The fourth-order valence-electron chi connectivity index (χ4n) is 2.39. The van der Waals surface area contributed by atoms with E-state index in [0.29, 0.717) is 5.13 Å². The van der Waals surface area contributed by atoms with E-state index in [0.717, 1.165) is 29.3 Å². The lowest BCUT2D eigenvalue weighted by Crippen LogP contribution is -2.10. The molecule has 2 aromatic heterocycles. The van der Waals surface area contributed by atoms with Crippen molar-refractivity contribution in [3.63, 3.8) is 0 Å². The van der Waals surface area contributed by atoms with Gasteiger partial charge in [0, 0.05) is 10.3 Å². The van der Waals surface area contributed by atoms with Crippen LogP contribution in [0.2, 0.25) is 0 Å². The molecule has 0 bridgehead atoms. The molecule has 2 heterocycles. The smallest absolute Gasteiger partial charge is 0.267 e. The molecule has 0 spiro atoms. The quantitative estimate of drug-likeness (QED) is 0.912. The van der Waals surface area contributed by atoms with E-state index in [2.05, 4.69) is 23.3 Å². The highest BCUT2D eigenvalue weighted by atomic mass is 32.1. The predicted molar refractivity (Wildman–Crippen MR) is 80.3 cm³/mol. The van der Waals surface area contributed by atoms with Crippen LogP contribution in [0.5, 0.6) is 0 Å². The summed E-state index contributed by atoms with van der Waals surface area (Å²) in [4.78, 5) is 18.6. The maximum Gasteiger partial charge on any atom is 0.267 e. The lowest BCUT2D eigenvalue weighted by atomic mass is 9.90. The number of hydrogen-bond donors (Lipinski definition) is 1. The van der Waals surface area contributed by atoms with Crippen molar-refractivity contribution in [1.29, 1.82) is 0 Å². The maximum absolute atomic E-state index is 12.2. The van der Waals surface area contributed by atoms with Crippen LogP contribution in [0.4, 0.5) is 5.13 Å². The van der Waals surface area contributed by atoms with Crippen molar-refractivity contribution >= 4 is 33.7 Å². The van der Waals surface area contributed by atoms with Crippen LogP contribution >= 0.6 is 22.7 Å². The Bertz CT molecular complexity index is 615. The molecule has 0 fully saturated rings. The summed E-state index contributed by atoms with van der Waals surface area (Å²) in [7, 11) is 0. The summed E-state index contributed by atoms with van der Waals surface area (Å²) in [5.74, 6) is 0.709. The van der Waals surface area contributed by atoms with Crippen LogP contribution in [0, 0.1) is 12.8 Å². The van der Waals surface area contributed by atoms with Crippen LogP contribution in [-0.2, 0) is 12.8 Å². The summed E-state index contributed by atoms with van der Waals surface area (Å²) in [5.41, 5.74) is 2.31. The zero-order valence-corrected chi connectivity index (χ0v) is 12.7. The van der Waals surface area contributed by atoms with Gasteiger partial charge in [0.25, 0.3) is 5.91 Å². The molecule has 0 aromatic carbocycles. The molecule has 3 rings (SSSR count). The Hall–Kier alpha value is -1.20. The molecule has 3 nitrogen and oxygen atoms in total. The molecular weight excluding hydrogens is 276 g/mol. The lowest BCUT2D eigenvalue weighted by molar-refractivity contribution is 0.103. The molecule has 1 unspecified atom stereocenters. The normalized spacial score (nSPS) is 18.1. The average Bonchev–Trinajstić information content (AvgIpc) is 2.95. The number of carbonyl (C=O) groups is 1. The van der Waals surface area contributed by atoms with Gasteiger partial charge in [0.1, 0.15) is 0 Å². The molecule has 0 radical (unpaired) electrons. The summed E-state index contributed by atoms with van der Waals surface area (Å²) in [6, 6.07) is 2.06. The average molecular weight is 292 g/mol. The van der Waals surface area contributed by atoms with Gasteiger partial charge in [-0.25, -0.2) is 4.98 Å². The van der Waals surface area contributed by atoms with E-state index in [1.165, 1.54) is 28.2 Å². The number of carbonyl (C=O) groups excluding carboxylic acids is 1. The molecule has 1 atom stereocenters. The number of hydrogen-bond acceptors (Lipinski definition) is 4. The number of thiazole rings is 1. The van der Waals surface area contributed by atoms with Gasteiger partial charge in [-0.05, 0) is 43.7 Å². The standard InChI is InChI=1S/C14H16N2OS2/c1-8-3-4-11-10(5-8)6-12(19-11)13(17)16-14-15-9(2)7-18-14/h6-8H,3-5H2,1-2H3,(H,15,16,17). The molecule has 0 aliphatic heterocycles. The topological polar surface area (TPSA) is 42.0 Å². The minimum Gasteiger partial charge on any atom is -0.297 e. The van der Waals surface area contributed by atoms with E-state index in [4.69, 9.17) is 0 Å². The first kappa shape index (κ1) is 12.8. The molecule has 19 heavy (non-hydrogen) atoms. The van der Waals surface area contributed by atoms with Crippen molar-refractivity contribution in [2.24, 2.45) is 5.92 Å². The van der Waals surface area contributed by atoms with Crippen LogP contribution in [0.25, 0.3) is 0 Å². The highest BCUT2D eigenvalue weighted by Crippen LogP contribution is 2.32. The van der Waals surface area contributed by atoms with Gasteiger partial charge in [0.15, 0.2) is 5.13 Å². The van der Waals surface area contributed by atoms with E-state index in [1.807, 2.05) is 12.3 Å². The third-order valence-corrected chi connectivity index (χ3v) is 5.50. The van der Waals surface area contributed by atoms with Crippen molar-refractivity contribution in [2.75, 3.05) is 5.32 Å². The highest BCUT2D eigenvalue weighted by molar-refractivity contribution is 7.15. The molecular formula is C14H16N2OS2. The van der Waals surface area contributed by atoms with Gasteiger partial charge in [-0.3, -0.25) is 10.1 Å². The summed E-state index contributed by atoms with van der Waals surface area (Å²) in [6.07, 6.45) is 3.46. The Labute approximate surface area is 120 Å². The van der Waals surface area contributed by atoms with E-state index in [-0.39, 0.29) is 5.91 Å².